The summed E-state index contributed by atoms with van der Waals surface area (Å²) < 4.78 is 18.5. The molecule has 1 aliphatic carbocycles. The number of rotatable bonds is 4. The minimum Gasteiger partial charge on any atom is -0.393 e. The van der Waals surface area contributed by atoms with Gasteiger partial charge in [-0.2, -0.15) is 4.98 Å². The van der Waals surface area contributed by atoms with Crippen molar-refractivity contribution in [2.75, 3.05) is 16.8 Å². The molecular formula is C19H19FN6O3S. The van der Waals surface area contributed by atoms with Crippen LogP contribution in [0.1, 0.15) is 23.4 Å². The number of carbonyl (C=O) groups excluding carboxylic acids is 1. The molecule has 2 aromatic heterocycles. The van der Waals surface area contributed by atoms with Crippen LogP contribution in [0.15, 0.2) is 28.8 Å². The van der Waals surface area contributed by atoms with Gasteiger partial charge in [0.25, 0.3) is 0 Å². The van der Waals surface area contributed by atoms with Crippen molar-refractivity contribution in [3.05, 3.63) is 40.7 Å². The van der Waals surface area contributed by atoms with Gasteiger partial charge in [-0.3, -0.25) is 5.32 Å². The smallest absolute Gasteiger partial charge is 0.324 e. The van der Waals surface area contributed by atoms with Gasteiger partial charge in [0.2, 0.25) is 5.82 Å². The summed E-state index contributed by atoms with van der Waals surface area (Å²) in [6.07, 6.45) is 1.54. The number of aromatic nitrogens is 3. The molecule has 2 amide bonds. The number of halogens is 1. The molecule has 156 valence electrons. The number of urea groups is 1. The molecule has 1 fully saturated rings. The number of hydrogen-bond donors (Lipinski definition) is 3. The van der Waals surface area contributed by atoms with Gasteiger partial charge in [-0.25, -0.2) is 14.2 Å². The average molecular weight is 430 g/mol. The Morgan fingerprint density at radius 3 is 2.83 bits per heavy atom. The summed E-state index contributed by atoms with van der Waals surface area (Å²) in [5.41, 5.74) is 1.63. The maximum absolute atomic E-state index is 13.1. The Hall–Kier alpha value is -3.05. The molecule has 0 atom stereocenters. The molecule has 0 saturated heterocycles. The van der Waals surface area contributed by atoms with Gasteiger partial charge in [0.15, 0.2) is 5.13 Å². The van der Waals surface area contributed by atoms with Crippen molar-refractivity contribution in [1.82, 2.24) is 20.4 Å². The van der Waals surface area contributed by atoms with Crippen molar-refractivity contribution in [3.8, 4) is 11.4 Å². The summed E-state index contributed by atoms with van der Waals surface area (Å²) in [7, 11) is 0. The molecule has 1 saturated carbocycles. The predicted octanol–water partition coefficient (Wildman–Crippen LogP) is 2.54. The van der Waals surface area contributed by atoms with Crippen LogP contribution in [0.25, 0.3) is 11.4 Å². The van der Waals surface area contributed by atoms with Crippen molar-refractivity contribution in [1.29, 1.82) is 0 Å². The van der Waals surface area contributed by atoms with E-state index < -0.39 is 0 Å². The summed E-state index contributed by atoms with van der Waals surface area (Å²) in [5.74, 6) is 0.0832. The van der Waals surface area contributed by atoms with Gasteiger partial charge in [0, 0.05) is 29.4 Å². The van der Waals surface area contributed by atoms with Crippen molar-refractivity contribution >= 4 is 28.5 Å². The number of thiazole rings is 1. The second kappa shape index (κ2) is 7.65. The number of nitrogens with zero attached hydrogens (tertiary/aromatic N) is 4. The lowest BCUT2D eigenvalue weighted by molar-refractivity contribution is 0.0671. The van der Waals surface area contributed by atoms with E-state index in [0.29, 0.717) is 54.9 Å². The lowest BCUT2D eigenvalue weighted by Crippen LogP contribution is -2.48. The molecule has 0 unspecified atom stereocenters. The lowest BCUT2D eigenvalue weighted by Gasteiger charge is -2.31. The molecule has 1 aliphatic heterocycles. The SMILES string of the molecule is O=C(Nc1nc2c(s1)CN(c1nc(-c3ccc(F)cc3)no1)CC2)NC1CC(O)C1. The van der Waals surface area contributed by atoms with Crippen LogP contribution < -0.4 is 15.5 Å². The zero-order valence-electron chi connectivity index (χ0n) is 15.8. The molecule has 11 heteroatoms. The fourth-order valence-electron chi connectivity index (χ4n) is 3.50. The molecule has 2 aliphatic rings. The minimum atomic E-state index is -0.320. The number of amides is 2. The van der Waals surface area contributed by atoms with Crippen molar-refractivity contribution < 1.29 is 18.8 Å². The van der Waals surface area contributed by atoms with Crippen molar-refractivity contribution in [2.45, 2.75) is 38.0 Å². The third-order valence-corrected chi connectivity index (χ3v) is 6.19. The Labute approximate surface area is 174 Å². The molecule has 3 aromatic rings. The standard InChI is InChI=1S/C19H19FN6O3S/c20-11-3-1-10(2-4-11)16-23-19(29-25-16)26-6-5-14-15(9-26)30-18(22-14)24-17(28)21-12-7-13(27)8-12/h1-4,12-13,27H,5-9H2,(H2,21,22,24,28). The van der Waals surface area contributed by atoms with Crippen molar-refractivity contribution in [3.63, 3.8) is 0 Å². The highest BCUT2D eigenvalue weighted by Gasteiger charge is 2.29. The fraction of sp³-hybridized carbons (Fsp3) is 0.368. The summed E-state index contributed by atoms with van der Waals surface area (Å²) in [5, 5.41) is 19.4. The largest absolute Gasteiger partial charge is 0.393 e. The molecule has 9 nitrogen and oxygen atoms in total. The molecule has 0 radical (unpaired) electrons. The van der Waals surface area contributed by atoms with Crippen LogP contribution in [0.2, 0.25) is 0 Å². The first-order chi connectivity index (χ1) is 14.5. The quantitative estimate of drug-likeness (QED) is 0.582. The highest BCUT2D eigenvalue weighted by atomic mass is 32.1. The Morgan fingerprint density at radius 2 is 2.07 bits per heavy atom. The zero-order chi connectivity index (χ0) is 20.7. The number of aliphatic hydroxyl groups is 1. The first kappa shape index (κ1) is 18.9. The zero-order valence-corrected chi connectivity index (χ0v) is 16.7. The maximum Gasteiger partial charge on any atom is 0.324 e. The van der Waals surface area contributed by atoms with Gasteiger partial charge in [0.05, 0.1) is 18.3 Å². The molecule has 1 aromatic carbocycles. The summed E-state index contributed by atoms with van der Waals surface area (Å²) in [6, 6.07) is 6.02. The second-order valence-electron chi connectivity index (χ2n) is 7.39. The van der Waals surface area contributed by atoms with E-state index in [0.717, 1.165) is 10.6 Å². The lowest BCUT2D eigenvalue weighted by atomic mass is 9.90. The van der Waals surface area contributed by atoms with E-state index in [-0.39, 0.29) is 24.0 Å². The Balaban J connectivity index is 1.23. The van der Waals surface area contributed by atoms with Crippen LogP contribution in [0, 0.1) is 5.82 Å². The van der Waals surface area contributed by atoms with Crippen LogP contribution in [-0.4, -0.2) is 45.0 Å². The van der Waals surface area contributed by atoms with Gasteiger partial charge in [0.1, 0.15) is 5.82 Å². The molecule has 0 spiro atoms. The number of hydrogen-bond acceptors (Lipinski definition) is 8. The Kier molecular flexibility index (Phi) is 4.83. The summed E-state index contributed by atoms with van der Waals surface area (Å²) >= 11 is 1.41. The highest BCUT2D eigenvalue weighted by molar-refractivity contribution is 7.15. The molecule has 30 heavy (non-hydrogen) atoms. The van der Waals surface area contributed by atoms with Crippen LogP contribution >= 0.6 is 11.3 Å². The third kappa shape index (κ3) is 3.85. The maximum atomic E-state index is 13.1. The predicted molar refractivity (Wildman–Crippen MR) is 108 cm³/mol. The van der Waals surface area contributed by atoms with Crippen molar-refractivity contribution in [2.24, 2.45) is 0 Å². The van der Waals surface area contributed by atoms with Crippen LogP contribution in [-0.2, 0) is 13.0 Å². The second-order valence-corrected chi connectivity index (χ2v) is 8.47. The van der Waals surface area contributed by atoms with Gasteiger partial charge in [-0.1, -0.05) is 16.5 Å². The monoisotopic (exact) mass is 430 g/mol. The number of nitrogens with one attached hydrogen (secondary N) is 2. The number of aliphatic hydroxyl groups excluding tert-OH is 1. The van der Waals surface area contributed by atoms with Gasteiger partial charge in [-0.15, -0.1) is 0 Å². The Morgan fingerprint density at radius 1 is 1.27 bits per heavy atom. The first-order valence-electron chi connectivity index (χ1n) is 9.62. The van der Waals surface area contributed by atoms with E-state index >= 15 is 0 Å². The molecular weight excluding hydrogens is 411 g/mol. The average Bonchev–Trinajstić information content (AvgIpc) is 3.33. The van der Waals surface area contributed by atoms with Gasteiger partial charge < -0.3 is 19.8 Å². The Bertz CT molecular complexity index is 1060. The van der Waals surface area contributed by atoms with Crippen LogP contribution in [0.4, 0.5) is 20.3 Å². The highest BCUT2D eigenvalue weighted by Crippen LogP contribution is 2.31. The first-order valence-corrected chi connectivity index (χ1v) is 10.4. The van der Waals surface area contributed by atoms with Gasteiger partial charge >= 0.3 is 12.0 Å². The molecule has 5 rings (SSSR count). The fourth-order valence-corrected chi connectivity index (χ4v) is 4.52. The number of anilines is 2. The third-order valence-electron chi connectivity index (χ3n) is 5.19. The number of benzene rings is 1. The van der Waals surface area contributed by atoms with Gasteiger partial charge in [-0.05, 0) is 37.1 Å². The van der Waals surface area contributed by atoms with E-state index in [4.69, 9.17) is 4.52 Å². The number of fused-ring (bicyclic) bond motifs is 1. The summed E-state index contributed by atoms with van der Waals surface area (Å²) in [6.45, 7) is 1.21. The van der Waals surface area contributed by atoms with Crippen LogP contribution in [0.5, 0.6) is 0 Å². The van der Waals surface area contributed by atoms with E-state index in [2.05, 4.69) is 25.8 Å². The van der Waals surface area contributed by atoms with E-state index in [1.165, 1.54) is 23.5 Å². The number of carbonyl (C=O) groups is 1. The molecule has 0 bridgehead atoms. The van der Waals surface area contributed by atoms with Crippen LogP contribution in [0.3, 0.4) is 0 Å². The van der Waals surface area contributed by atoms with E-state index in [9.17, 15) is 14.3 Å². The van der Waals surface area contributed by atoms with E-state index in [1.54, 1.807) is 12.1 Å². The summed E-state index contributed by atoms with van der Waals surface area (Å²) in [4.78, 5) is 24.0. The molecule has 3 N–H and O–H groups in total. The molecule has 3 heterocycles. The topological polar surface area (TPSA) is 116 Å². The minimum absolute atomic E-state index is 0.0120. The normalized spacial score (nSPS) is 20.4. The van der Waals surface area contributed by atoms with E-state index in [1.807, 2.05) is 4.90 Å².